The van der Waals surface area contributed by atoms with Gasteiger partial charge in [0, 0.05) is 7.11 Å². The van der Waals surface area contributed by atoms with Gasteiger partial charge >= 0.3 is 0 Å². The molecule has 56 valence electrons. The Balaban J connectivity index is 2.75. The van der Waals surface area contributed by atoms with Gasteiger partial charge in [-0.3, -0.25) is 0 Å². The summed E-state index contributed by atoms with van der Waals surface area (Å²) in [6, 6.07) is 1.31. The van der Waals surface area contributed by atoms with Gasteiger partial charge in [0.15, 0.2) is 9.76 Å². The Morgan fingerprint density at radius 2 is 2.11 bits per heavy atom. The molecule has 0 rings (SSSR count). The van der Waals surface area contributed by atoms with Crippen LogP contribution in [0.1, 0.15) is 6.42 Å². The van der Waals surface area contributed by atoms with Gasteiger partial charge in [-0.05, 0) is 33.1 Å². The zero-order valence-electron chi connectivity index (χ0n) is 6.68. The van der Waals surface area contributed by atoms with Crippen LogP contribution in [0.3, 0.4) is 0 Å². The molecular formula is C6H17NOSi. The molecule has 0 aromatic rings. The van der Waals surface area contributed by atoms with Crippen LogP contribution in [0.4, 0.5) is 0 Å². The molecule has 0 aliphatic carbocycles. The van der Waals surface area contributed by atoms with Gasteiger partial charge in [0.2, 0.25) is 0 Å². The highest BCUT2D eigenvalue weighted by atomic mass is 28.2. The van der Waals surface area contributed by atoms with E-state index in [0.29, 0.717) is 0 Å². The molecule has 0 atom stereocenters. The summed E-state index contributed by atoms with van der Waals surface area (Å²) in [4.78, 5) is 2.21. The third-order valence-corrected chi connectivity index (χ3v) is 2.40. The van der Waals surface area contributed by atoms with E-state index in [1.807, 2.05) is 7.11 Å². The van der Waals surface area contributed by atoms with Crippen LogP contribution >= 0.6 is 0 Å². The minimum Gasteiger partial charge on any atom is -0.427 e. The molecule has 0 aliphatic rings. The Morgan fingerprint density at radius 3 is 2.56 bits per heavy atom. The van der Waals surface area contributed by atoms with Crippen molar-refractivity contribution in [2.45, 2.75) is 12.5 Å². The van der Waals surface area contributed by atoms with Crippen LogP contribution in [0.15, 0.2) is 0 Å². The quantitative estimate of drug-likeness (QED) is 0.403. The number of hydrogen-bond acceptors (Lipinski definition) is 2. The molecule has 0 aromatic carbocycles. The third-order valence-electron chi connectivity index (χ3n) is 1.20. The Bertz CT molecular complexity index is 59.0. The lowest BCUT2D eigenvalue weighted by atomic mass is 10.5. The molecule has 0 saturated heterocycles. The molecule has 0 radical (unpaired) electrons. The SMILES string of the molecule is CO[SiH2]CCCN(C)C. The largest absolute Gasteiger partial charge is 0.427 e. The Labute approximate surface area is 60.1 Å². The first-order chi connectivity index (χ1) is 4.27. The summed E-state index contributed by atoms with van der Waals surface area (Å²) in [6.07, 6.45) is 1.30. The zero-order valence-corrected chi connectivity index (χ0v) is 8.10. The highest BCUT2D eigenvalue weighted by Crippen LogP contribution is 1.89. The van der Waals surface area contributed by atoms with E-state index in [4.69, 9.17) is 4.43 Å². The molecule has 0 heterocycles. The second-order valence-corrected chi connectivity index (χ2v) is 4.20. The molecule has 0 fully saturated rings. The van der Waals surface area contributed by atoms with Crippen molar-refractivity contribution in [2.75, 3.05) is 27.7 Å². The van der Waals surface area contributed by atoms with Gasteiger partial charge in [-0.15, -0.1) is 0 Å². The van der Waals surface area contributed by atoms with Crippen LogP contribution in [-0.4, -0.2) is 42.4 Å². The van der Waals surface area contributed by atoms with Gasteiger partial charge in [0.1, 0.15) is 0 Å². The van der Waals surface area contributed by atoms with Gasteiger partial charge in [0.25, 0.3) is 0 Å². The molecule has 0 amide bonds. The van der Waals surface area contributed by atoms with E-state index >= 15 is 0 Å². The summed E-state index contributed by atoms with van der Waals surface area (Å²) >= 11 is 0. The summed E-state index contributed by atoms with van der Waals surface area (Å²) in [6.45, 7) is 1.20. The Morgan fingerprint density at radius 1 is 1.44 bits per heavy atom. The number of nitrogens with zero attached hydrogens (tertiary/aromatic N) is 1. The first-order valence-corrected chi connectivity index (χ1v) is 4.98. The second-order valence-electron chi connectivity index (χ2n) is 2.50. The summed E-state index contributed by atoms with van der Waals surface area (Å²) in [5, 5.41) is 0. The van der Waals surface area contributed by atoms with Gasteiger partial charge < -0.3 is 9.33 Å². The topological polar surface area (TPSA) is 12.5 Å². The summed E-state index contributed by atoms with van der Waals surface area (Å²) < 4.78 is 5.04. The molecular weight excluding hydrogens is 130 g/mol. The minimum absolute atomic E-state index is 0.148. The summed E-state index contributed by atoms with van der Waals surface area (Å²) in [7, 11) is 5.87. The molecule has 0 spiro atoms. The average Bonchev–Trinajstić information content (AvgIpc) is 1.80. The molecule has 0 saturated carbocycles. The molecule has 0 N–H and O–H groups in total. The lowest BCUT2D eigenvalue weighted by Gasteiger charge is -2.07. The van der Waals surface area contributed by atoms with E-state index in [1.165, 1.54) is 19.0 Å². The van der Waals surface area contributed by atoms with Crippen molar-refractivity contribution in [2.24, 2.45) is 0 Å². The standard InChI is InChI=1S/C6H17NOSi/c1-7(2)5-4-6-9-8-3/h4-6,9H2,1-3H3. The van der Waals surface area contributed by atoms with E-state index in [2.05, 4.69) is 19.0 Å². The van der Waals surface area contributed by atoms with Gasteiger partial charge in [-0.2, -0.15) is 0 Å². The monoisotopic (exact) mass is 147 g/mol. The lowest BCUT2D eigenvalue weighted by Crippen LogP contribution is -2.13. The highest BCUT2D eigenvalue weighted by molar-refractivity contribution is 6.26. The van der Waals surface area contributed by atoms with Crippen LogP contribution in [0.2, 0.25) is 6.04 Å². The van der Waals surface area contributed by atoms with E-state index in [0.717, 1.165) is 0 Å². The van der Waals surface area contributed by atoms with Crippen LogP contribution in [-0.2, 0) is 4.43 Å². The van der Waals surface area contributed by atoms with Crippen molar-refractivity contribution in [3.63, 3.8) is 0 Å². The highest BCUT2D eigenvalue weighted by Gasteiger charge is 1.89. The molecule has 3 heteroatoms. The maximum absolute atomic E-state index is 5.04. The van der Waals surface area contributed by atoms with Crippen molar-refractivity contribution in [1.29, 1.82) is 0 Å². The predicted octanol–water partition coefficient (Wildman–Crippen LogP) is 0.0866. The van der Waals surface area contributed by atoms with Crippen molar-refractivity contribution >= 4 is 9.76 Å². The summed E-state index contributed by atoms with van der Waals surface area (Å²) in [5.41, 5.74) is 0. The average molecular weight is 147 g/mol. The van der Waals surface area contributed by atoms with Crippen LogP contribution < -0.4 is 0 Å². The van der Waals surface area contributed by atoms with Crippen molar-refractivity contribution in [3.8, 4) is 0 Å². The maximum Gasteiger partial charge on any atom is 0.161 e. The number of hydrogen-bond donors (Lipinski definition) is 0. The molecule has 0 aliphatic heterocycles. The van der Waals surface area contributed by atoms with Gasteiger partial charge in [0.05, 0.1) is 0 Å². The van der Waals surface area contributed by atoms with Crippen molar-refractivity contribution in [3.05, 3.63) is 0 Å². The number of rotatable bonds is 5. The fourth-order valence-corrected chi connectivity index (χ4v) is 1.39. The van der Waals surface area contributed by atoms with Crippen LogP contribution in [0.25, 0.3) is 0 Å². The van der Waals surface area contributed by atoms with Gasteiger partial charge in [-0.1, -0.05) is 0 Å². The zero-order chi connectivity index (χ0) is 7.11. The van der Waals surface area contributed by atoms with E-state index < -0.39 is 0 Å². The molecule has 0 unspecified atom stereocenters. The van der Waals surface area contributed by atoms with Crippen LogP contribution in [0.5, 0.6) is 0 Å². The van der Waals surface area contributed by atoms with Crippen molar-refractivity contribution < 1.29 is 4.43 Å². The first-order valence-electron chi connectivity index (χ1n) is 3.41. The minimum atomic E-state index is -0.148. The normalized spacial score (nSPS) is 12.0. The van der Waals surface area contributed by atoms with E-state index in [1.54, 1.807) is 0 Å². The fourth-order valence-electron chi connectivity index (χ4n) is 0.674. The molecule has 0 bridgehead atoms. The maximum atomic E-state index is 5.04. The fraction of sp³-hybridized carbons (Fsp3) is 1.00. The Hall–Kier alpha value is 0.137. The smallest absolute Gasteiger partial charge is 0.161 e. The molecule has 0 aromatic heterocycles. The van der Waals surface area contributed by atoms with Crippen molar-refractivity contribution in [1.82, 2.24) is 4.90 Å². The third kappa shape index (κ3) is 8.14. The van der Waals surface area contributed by atoms with E-state index in [-0.39, 0.29) is 9.76 Å². The van der Waals surface area contributed by atoms with Crippen LogP contribution in [0, 0.1) is 0 Å². The van der Waals surface area contributed by atoms with Gasteiger partial charge in [-0.25, -0.2) is 0 Å². The summed E-state index contributed by atoms with van der Waals surface area (Å²) in [5.74, 6) is 0. The van der Waals surface area contributed by atoms with E-state index in [9.17, 15) is 0 Å². The predicted molar refractivity (Wildman–Crippen MR) is 43.5 cm³/mol. The first kappa shape index (κ1) is 9.14. The lowest BCUT2D eigenvalue weighted by molar-refractivity contribution is 0.398. The molecule has 9 heavy (non-hydrogen) atoms. The Kier molecular flexibility index (Phi) is 6.35. The molecule has 2 nitrogen and oxygen atoms in total. The second kappa shape index (κ2) is 6.26.